The third kappa shape index (κ3) is 21.8. The Bertz CT molecular complexity index is 887. The summed E-state index contributed by atoms with van der Waals surface area (Å²) < 4.78 is 4.72. The number of oxazole rings is 1. The first kappa shape index (κ1) is 34.1. The number of nitrogens with zero attached hydrogens (tertiary/aromatic N) is 3. The maximum absolute atomic E-state index is 10.2. The number of carboxylic acid groups (broad SMARTS) is 3. The predicted molar refractivity (Wildman–Crippen MR) is 133 cm³/mol. The lowest BCUT2D eigenvalue weighted by molar-refractivity contribution is -0.139. The normalized spacial score (nSPS) is 11.2. The molecule has 0 saturated carbocycles. The van der Waals surface area contributed by atoms with E-state index in [0.29, 0.717) is 31.7 Å². The fraction of sp³-hybridized carbons (Fsp3) is 0.455. The summed E-state index contributed by atoms with van der Waals surface area (Å²) in [7, 11) is 0. The van der Waals surface area contributed by atoms with Crippen molar-refractivity contribution >= 4 is 23.9 Å². The van der Waals surface area contributed by atoms with Crippen LogP contribution in [0.4, 0.5) is 0 Å². The number of aromatic carboxylic acids is 1. The highest BCUT2D eigenvalue weighted by Gasteiger charge is 2.12. The van der Waals surface area contributed by atoms with Crippen LogP contribution in [0.25, 0.3) is 0 Å². The van der Waals surface area contributed by atoms with E-state index in [1.807, 2.05) is 20.8 Å². The molecule has 0 aromatic carbocycles. The van der Waals surface area contributed by atoms with E-state index < -0.39 is 30.0 Å². The van der Waals surface area contributed by atoms with Gasteiger partial charge in [-0.25, -0.2) is 9.78 Å². The SMILES string of the molecule is CC(C)C[C@H](N)C(=O)O.Cc1cnco1.NC(N)=NCCC[C@H](N)C(=O)O.O=C(O)c1ccncc1. The molecule has 2 atom stereocenters. The lowest BCUT2D eigenvalue weighted by atomic mass is 10.1. The molecule has 14 heteroatoms. The van der Waals surface area contributed by atoms with E-state index in [1.165, 1.54) is 30.9 Å². The average molecular weight is 512 g/mol. The van der Waals surface area contributed by atoms with Crippen LogP contribution in [0.2, 0.25) is 0 Å². The second-order valence-electron chi connectivity index (χ2n) is 7.62. The van der Waals surface area contributed by atoms with E-state index in [-0.39, 0.29) is 11.5 Å². The number of carboxylic acids is 3. The molecule has 2 aromatic rings. The van der Waals surface area contributed by atoms with Gasteiger partial charge in [0.1, 0.15) is 17.8 Å². The van der Waals surface area contributed by atoms with Crippen LogP contribution in [0, 0.1) is 12.8 Å². The van der Waals surface area contributed by atoms with Gasteiger partial charge < -0.3 is 42.7 Å². The van der Waals surface area contributed by atoms with Gasteiger partial charge in [0.25, 0.3) is 0 Å². The van der Waals surface area contributed by atoms with Crippen molar-refractivity contribution in [2.75, 3.05) is 6.54 Å². The van der Waals surface area contributed by atoms with Crippen molar-refractivity contribution in [3.63, 3.8) is 0 Å². The monoisotopic (exact) mass is 511 g/mol. The number of carbonyl (C=O) groups is 3. The van der Waals surface area contributed by atoms with Gasteiger partial charge in [-0.1, -0.05) is 13.8 Å². The van der Waals surface area contributed by atoms with Crippen molar-refractivity contribution in [2.45, 2.75) is 52.1 Å². The number of hydrogen-bond donors (Lipinski definition) is 7. The Morgan fingerprint density at radius 3 is 1.83 bits per heavy atom. The molecule has 0 saturated heterocycles. The summed E-state index contributed by atoms with van der Waals surface area (Å²) in [6.45, 7) is 6.17. The summed E-state index contributed by atoms with van der Waals surface area (Å²) in [5, 5.41) is 25.0. The molecule has 0 aliphatic carbocycles. The largest absolute Gasteiger partial charge is 0.480 e. The minimum absolute atomic E-state index is 0.0129. The highest BCUT2D eigenvalue weighted by Crippen LogP contribution is 2.01. The van der Waals surface area contributed by atoms with Gasteiger partial charge in [0.05, 0.1) is 11.8 Å². The molecule has 0 amide bonds. The minimum atomic E-state index is -1.00. The van der Waals surface area contributed by atoms with Crippen molar-refractivity contribution < 1.29 is 34.1 Å². The molecule has 11 N–H and O–H groups in total. The first-order chi connectivity index (χ1) is 16.8. The number of nitrogens with two attached hydrogens (primary N) is 4. The van der Waals surface area contributed by atoms with Crippen LogP contribution in [0.15, 0.2) is 46.5 Å². The van der Waals surface area contributed by atoms with Gasteiger partial charge in [-0.3, -0.25) is 19.6 Å². The summed E-state index contributed by atoms with van der Waals surface area (Å²) in [5.74, 6) is -1.61. The zero-order valence-electron chi connectivity index (χ0n) is 20.7. The summed E-state index contributed by atoms with van der Waals surface area (Å²) in [4.78, 5) is 41.5. The highest BCUT2D eigenvalue weighted by molar-refractivity contribution is 5.87. The number of aromatic nitrogens is 2. The number of hydrogen-bond acceptors (Lipinski definition) is 9. The van der Waals surface area contributed by atoms with E-state index in [1.54, 1.807) is 6.20 Å². The Hall–Kier alpha value is -4.04. The fourth-order valence-electron chi connectivity index (χ4n) is 2.03. The zero-order chi connectivity index (χ0) is 28.1. The Balaban J connectivity index is 0. The van der Waals surface area contributed by atoms with Crippen molar-refractivity contribution in [1.29, 1.82) is 0 Å². The minimum Gasteiger partial charge on any atom is -0.480 e. The van der Waals surface area contributed by atoms with Gasteiger partial charge in [0, 0.05) is 18.9 Å². The van der Waals surface area contributed by atoms with E-state index in [0.717, 1.165) is 5.76 Å². The second-order valence-corrected chi connectivity index (χ2v) is 7.62. The number of aliphatic carboxylic acids is 2. The van der Waals surface area contributed by atoms with E-state index in [9.17, 15) is 14.4 Å². The molecule has 0 unspecified atom stereocenters. The molecule has 202 valence electrons. The molecule has 2 aromatic heterocycles. The van der Waals surface area contributed by atoms with Gasteiger partial charge in [-0.05, 0) is 44.2 Å². The first-order valence-corrected chi connectivity index (χ1v) is 10.8. The molecule has 2 heterocycles. The third-order valence-corrected chi connectivity index (χ3v) is 3.81. The summed E-state index contributed by atoms with van der Waals surface area (Å²) >= 11 is 0. The lowest BCUT2D eigenvalue weighted by Crippen LogP contribution is -2.31. The molecule has 14 nitrogen and oxygen atoms in total. The number of rotatable bonds is 9. The van der Waals surface area contributed by atoms with Gasteiger partial charge in [0.15, 0.2) is 12.4 Å². The van der Waals surface area contributed by atoms with Crippen molar-refractivity contribution in [2.24, 2.45) is 33.8 Å². The quantitative estimate of drug-likeness (QED) is 0.139. The number of aryl methyl sites for hydroxylation is 1. The van der Waals surface area contributed by atoms with Crippen molar-refractivity contribution in [3.8, 4) is 0 Å². The molecule has 36 heavy (non-hydrogen) atoms. The molecule has 0 fully saturated rings. The van der Waals surface area contributed by atoms with E-state index in [4.69, 9.17) is 42.7 Å². The molecular weight excluding hydrogens is 474 g/mol. The summed E-state index contributed by atoms with van der Waals surface area (Å²) in [6, 6.07) is 1.38. The van der Waals surface area contributed by atoms with Crippen LogP contribution in [0.3, 0.4) is 0 Å². The Morgan fingerprint density at radius 2 is 1.56 bits per heavy atom. The van der Waals surface area contributed by atoms with Gasteiger partial charge in [-0.2, -0.15) is 0 Å². The highest BCUT2D eigenvalue weighted by atomic mass is 16.4. The third-order valence-electron chi connectivity index (χ3n) is 3.81. The van der Waals surface area contributed by atoms with Crippen LogP contribution in [-0.4, -0.2) is 67.8 Å². The molecular formula is C22H37N7O7. The van der Waals surface area contributed by atoms with Crippen molar-refractivity contribution in [3.05, 3.63) is 48.4 Å². The van der Waals surface area contributed by atoms with Crippen LogP contribution in [0.1, 0.15) is 49.2 Å². The average Bonchev–Trinajstić information content (AvgIpc) is 3.28. The molecule has 0 aliphatic heterocycles. The predicted octanol–water partition coefficient (Wildman–Crippen LogP) is 0.659. The topological polar surface area (TPSA) is 267 Å². The van der Waals surface area contributed by atoms with Gasteiger partial charge >= 0.3 is 17.9 Å². The molecule has 0 bridgehead atoms. The molecule has 0 aliphatic rings. The van der Waals surface area contributed by atoms with Crippen LogP contribution < -0.4 is 22.9 Å². The van der Waals surface area contributed by atoms with E-state index >= 15 is 0 Å². The summed E-state index contributed by atoms with van der Waals surface area (Å²) in [5.41, 5.74) is 20.8. The lowest BCUT2D eigenvalue weighted by Gasteiger charge is -2.07. The van der Waals surface area contributed by atoms with Crippen LogP contribution >= 0.6 is 0 Å². The fourth-order valence-corrected chi connectivity index (χ4v) is 2.03. The summed E-state index contributed by atoms with van der Waals surface area (Å²) in [6.07, 6.45) is 7.48. The zero-order valence-corrected chi connectivity index (χ0v) is 20.7. The van der Waals surface area contributed by atoms with Gasteiger partial charge in [0.2, 0.25) is 0 Å². The Labute approximate surface area is 209 Å². The van der Waals surface area contributed by atoms with Gasteiger partial charge in [-0.15, -0.1) is 0 Å². The number of pyridine rings is 1. The Morgan fingerprint density at radius 1 is 1.00 bits per heavy atom. The second kappa shape index (κ2) is 20.3. The smallest absolute Gasteiger partial charge is 0.335 e. The molecule has 2 rings (SSSR count). The number of aliphatic imine (C=N–C) groups is 1. The van der Waals surface area contributed by atoms with Crippen LogP contribution in [0.5, 0.6) is 0 Å². The Kier molecular flexibility index (Phi) is 19.3. The molecule has 0 radical (unpaired) electrons. The number of guanidine groups is 1. The van der Waals surface area contributed by atoms with E-state index in [2.05, 4.69) is 15.0 Å². The maximum Gasteiger partial charge on any atom is 0.335 e. The standard InChI is InChI=1S/C6H14N4O2.C6H5NO2.C6H13NO2.C4H5NO/c7-4(5(11)12)2-1-3-10-6(8)9;8-6(9)5-1-3-7-4-2-5;1-4(2)3-5(7)6(8)9;1-4-2-5-3-6-4/h4H,1-3,7H2,(H,11,12)(H4,8,9,10);1-4H,(H,8,9);4-5H,3,7H2,1-2H3,(H,8,9);2-3H,1H3/t4-;;5-;/m0.0./s1. The maximum atomic E-state index is 10.2. The van der Waals surface area contributed by atoms with Crippen molar-refractivity contribution in [1.82, 2.24) is 9.97 Å². The van der Waals surface area contributed by atoms with Crippen LogP contribution in [-0.2, 0) is 9.59 Å². The molecule has 0 spiro atoms. The first-order valence-electron chi connectivity index (χ1n) is 10.8.